The van der Waals surface area contributed by atoms with Crippen LogP contribution in [0.3, 0.4) is 0 Å². The number of rotatable bonds is 4. The molecule has 0 aliphatic rings. The third kappa shape index (κ3) is 2.98. The Morgan fingerprint density at radius 3 is 2.78 bits per heavy atom. The number of aryl methyl sites for hydroxylation is 2. The zero-order chi connectivity index (χ0) is 13.0. The molecule has 0 spiro atoms. The van der Waals surface area contributed by atoms with Crippen molar-refractivity contribution in [1.29, 1.82) is 0 Å². The number of hydrogen-bond acceptors (Lipinski definition) is 3. The number of nitrogens with zero attached hydrogens (tertiary/aromatic N) is 2. The van der Waals surface area contributed by atoms with Crippen LogP contribution in [0.4, 0.5) is 0 Å². The molecule has 0 amide bonds. The summed E-state index contributed by atoms with van der Waals surface area (Å²) in [7, 11) is 1.37. The lowest BCUT2D eigenvalue weighted by atomic mass is 10.1. The Labute approximate surface area is 114 Å². The Kier molecular flexibility index (Phi) is 4.15. The van der Waals surface area contributed by atoms with Crippen LogP contribution >= 0.6 is 15.9 Å². The van der Waals surface area contributed by atoms with Crippen LogP contribution < -0.4 is 0 Å². The molecule has 0 fully saturated rings. The van der Waals surface area contributed by atoms with E-state index < -0.39 is 0 Å². The molecule has 1 heterocycles. The van der Waals surface area contributed by atoms with Gasteiger partial charge in [-0.3, -0.25) is 4.68 Å². The number of ether oxygens (including phenoxy) is 1. The first-order valence-electron chi connectivity index (χ1n) is 5.56. The molecular formula is C13H13BrN2O2. The quantitative estimate of drug-likeness (QED) is 0.816. The number of hydrogen-bond donors (Lipinski definition) is 0. The summed E-state index contributed by atoms with van der Waals surface area (Å²) in [6.07, 6.45) is 0.818. The normalized spacial score (nSPS) is 10.3. The third-order valence-electron chi connectivity index (χ3n) is 2.60. The van der Waals surface area contributed by atoms with E-state index in [1.165, 1.54) is 12.7 Å². The number of carbonyl (C=O) groups excluding carboxylic acids is 1. The molecule has 0 aliphatic heterocycles. The van der Waals surface area contributed by atoms with Gasteiger partial charge in [0.15, 0.2) is 0 Å². The molecule has 1 aromatic heterocycles. The first kappa shape index (κ1) is 12.8. The van der Waals surface area contributed by atoms with Gasteiger partial charge in [0.25, 0.3) is 0 Å². The summed E-state index contributed by atoms with van der Waals surface area (Å²) in [4.78, 5) is 11.6. The summed E-state index contributed by atoms with van der Waals surface area (Å²) in [5.74, 6) is -0.374. The van der Waals surface area contributed by atoms with Crippen molar-refractivity contribution in [2.45, 2.75) is 13.0 Å². The fourth-order valence-electron chi connectivity index (χ4n) is 1.70. The van der Waals surface area contributed by atoms with Crippen molar-refractivity contribution < 1.29 is 9.53 Å². The van der Waals surface area contributed by atoms with Gasteiger partial charge >= 0.3 is 5.97 Å². The van der Waals surface area contributed by atoms with Crippen LogP contribution in [0.15, 0.2) is 41.0 Å². The smallest absolute Gasteiger partial charge is 0.356 e. The average molecular weight is 309 g/mol. The fourth-order valence-corrected chi connectivity index (χ4v) is 2.11. The second-order valence-electron chi connectivity index (χ2n) is 3.80. The first-order chi connectivity index (χ1) is 8.70. The van der Waals surface area contributed by atoms with Gasteiger partial charge in [-0.1, -0.05) is 30.3 Å². The van der Waals surface area contributed by atoms with E-state index in [1.807, 2.05) is 18.2 Å². The Morgan fingerprint density at radius 1 is 1.39 bits per heavy atom. The van der Waals surface area contributed by atoms with E-state index in [0.717, 1.165) is 6.42 Å². The molecule has 0 unspecified atom stereocenters. The Hall–Kier alpha value is -1.62. The number of aromatic nitrogens is 2. The summed E-state index contributed by atoms with van der Waals surface area (Å²) in [5, 5.41) is 4.23. The molecule has 0 N–H and O–H groups in total. The van der Waals surface area contributed by atoms with E-state index >= 15 is 0 Å². The van der Waals surface area contributed by atoms with E-state index in [2.05, 4.69) is 33.2 Å². The molecule has 18 heavy (non-hydrogen) atoms. The minimum absolute atomic E-state index is 0.374. The average Bonchev–Trinajstić information content (AvgIpc) is 2.78. The van der Waals surface area contributed by atoms with Gasteiger partial charge in [-0.15, -0.1) is 0 Å². The summed E-state index contributed by atoms with van der Waals surface area (Å²) in [5.41, 5.74) is 1.67. The summed E-state index contributed by atoms with van der Waals surface area (Å²) in [6.45, 7) is 0.639. The molecule has 1 aromatic carbocycles. The molecule has 0 saturated carbocycles. The van der Waals surface area contributed by atoms with Crippen molar-refractivity contribution >= 4 is 21.9 Å². The van der Waals surface area contributed by atoms with Gasteiger partial charge in [0.05, 0.1) is 7.11 Å². The van der Waals surface area contributed by atoms with Crippen LogP contribution in [0.2, 0.25) is 0 Å². The zero-order valence-electron chi connectivity index (χ0n) is 9.97. The highest BCUT2D eigenvalue weighted by Gasteiger charge is 2.14. The highest BCUT2D eigenvalue weighted by atomic mass is 79.9. The lowest BCUT2D eigenvalue weighted by Gasteiger charge is -2.05. The first-order valence-corrected chi connectivity index (χ1v) is 6.35. The molecule has 0 bridgehead atoms. The maximum Gasteiger partial charge on any atom is 0.356 e. The zero-order valence-corrected chi connectivity index (χ0v) is 11.6. The molecular weight excluding hydrogens is 296 g/mol. The minimum Gasteiger partial charge on any atom is -0.464 e. The van der Waals surface area contributed by atoms with Crippen molar-refractivity contribution in [2.24, 2.45) is 0 Å². The van der Waals surface area contributed by atoms with Gasteiger partial charge in [-0.25, -0.2) is 4.79 Å². The molecule has 0 aliphatic carbocycles. The van der Waals surface area contributed by atoms with Crippen molar-refractivity contribution in [1.82, 2.24) is 9.78 Å². The maximum atomic E-state index is 11.6. The summed E-state index contributed by atoms with van der Waals surface area (Å²) < 4.78 is 7.01. The van der Waals surface area contributed by atoms with Crippen LogP contribution in [0.25, 0.3) is 0 Å². The van der Waals surface area contributed by atoms with E-state index in [9.17, 15) is 4.79 Å². The molecule has 0 radical (unpaired) electrons. The van der Waals surface area contributed by atoms with E-state index in [-0.39, 0.29) is 5.97 Å². The largest absolute Gasteiger partial charge is 0.464 e. The minimum atomic E-state index is -0.374. The number of halogens is 1. The lowest BCUT2D eigenvalue weighted by Crippen LogP contribution is -2.13. The van der Waals surface area contributed by atoms with Crippen LogP contribution in [0, 0.1) is 0 Å². The van der Waals surface area contributed by atoms with E-state index in [4.69, 9.17) is 4.74 Å². The van der Waals surface area contributed by atoms with Gasteiger partial charge in [-0.05, 0) is 27.9 Å². The highest BCUT2D eigenvalue weighted by Crippen LogP contribution is 2.13. The van der Waals surface area contributed by atoms with Crippen LogP contribution in [-0.2, 0) is 17.7 Å². The van der Waals surface area contributed by atoms with Gasteiger partial charge in [0, 0.05) is 12.6 Å². The Morgan fingerprint density at radius 2 is 2.11 bits per heavy atom. The standard InChI is InChI=1S/C13H13BrN2O2/c1-18-13(17)11-9-12(14)15-16(11)8-7-10-5-3-2-4-6-10/h2-6,9H,7-8H2,1H3. The van der Waals surface area contributed by atoms with E-state index in [0.29, 0.717) is 16.8 Å². The highest BCUT2D eigenvalue weighted by molar-refractivity contribution is 9.10. The van der Waals surface area contributed by atoms with Crippen molar-refractivity contribution in [2.75, 3.05) is 7.11 Å². The third-order valence-corrected chi connectivity index (χ3v) is 2.99. The number of carbonyl (C=O) groups is 1. The van der Waals surface area contributed by atoms with Gasteiger partial charge in [0.2, 0.25) is 0 Å². The van der Waals surface area contributed by atoms with Crippen molar-refractivity contribution in [3.8, 4) is 0 Å². The maximum absolute atomic E-state index is 11.6. The van der Waals surface area contributed by atoms with Gasteiger partial charge in [0.1, 0.15) is 10.3 Å². The monoisotopic (exact) mass is 308 g/mol. The predicted octanol–water partition coefficient (Wildman–Crippen LogP) is 2.67. The van der Waals surface area contributed by atoms with E-state index in [1.54, 1.807) is 10.7 Å². The van der Waals surface area contributed by atoms with Gasteiger partial charge in [-0.2, -0.15) is 5.10 Å². The number of esters is 1. The predicted molar refractivity (Wildman–Crippen MR) is 71.4 cm³/mol. The Balaban J connectivity index is 2.12. The molecule has 0 atom stereocenters. The van der Waals surface area contributed by atoms with Gasteiger partial charge < -0.3 is 4.74 Å². The fraction of sp³-hybridized carbons (Fsp3) is 0.231. The number of methoxy groups -OCH3 is 1. The van der Waals surface area contributed by atoms with Crippen LogP contribution in [0.1, 0.15) is 16.1 Å². The Bertz CT molecular complexity index is 537. The molecule has 4 nitrogen and oxygen atoms in total. The molecule has 94 valence electrons. The second kappa shape index (κ2) is 5.82. The van der Waals surface area contributed by atoms with Crippen molar-refractivity contribution in [3.63, 3.8) is 0 Å². The molecule has 0 saturated heterocycles. The summed E-state index contributed by atoms with van der Waals surface area (Å²) in [6, 6.07) is 11.7. The summed E-state index contributed by atoms with van der Waals surface area (Å²) >= 11 is 3.27. The van der Waals surface area contributed by atoms with Crippen molar-refractivity contribution in [3.05, 3.63) is 52.3 Å². The second-order valence-corrected chi connectivity index (χ2v) is 4.62. The SMILES string of the molecule is COC(=O)c1cc(Br)nn1CCc1ccccc1. The number of benzene rings is 1. The lowest BCUT2D eigenvalue weighted by molar-refractivity contribution is 0.0586. The topological polar surface area (TPSA) is 44.1 Å². The van der Waals surface area contributed by atoms with Crippen LogP contribution in [-0.4, -0.2) is 22.9 Å². The molecule has 2 rings (SSSR count). The van der Waals surface area contributed by atoms with Crippen LogP contribution in [0.5, 0.6) is 0 Å². The molecule has 2 aromatic rings. The molecule has 5 heteroatoms.